The molecule has 70 valence electrons. The average molecular weight is 189 g/mol. The Morgan fingerprint density at radius 2 is 2.08 bits per heavy atom. The van der Waals surface area contributed by atoms with E-state index in [1.807, 2.05) is 0 Å². The van der Waals surface area contributed by atoms with Crippen LogP contribution in [-0.4, -0.2) is 38.7 Å². The zero-order valence-electron chi connectivity index (χ0n) is 7.74. The lowest BCUT2D eigenvalue weighted by molar-refractivity contribution is 0.286. The lowest BCUT2D eigenvalue weighted by atomic mass is 10.3. The fourth-order valence-corrected chi connectivity index (χ4v) is 1.99. The highest BCUT2D eigenvalue weighted by Crippen LogP contribution is 2.16. The van der Waals surface area contributed by atoms with Gasteiger partial charge in [-0.15, -0.1) is 0 Å². The summed E-state index contributed by atoms with van der Waals surface area (Å²) in [6, 6.07) is 0.417. The number of nitrogens with zero attached hydrogens (tertiary/aromatic N) is 1. The molecule has 4 heteroatoms. The van der Waals surface area contributed by atoms with Crippen LogP contribution >= 0.6 is 0 Å². The van der Waals surface area contributed by atoms with Crippen molar-refractivity contribution in [3.05, 3.63) is 11.0 Å². The highest BCUT2D eigenvalue weighted by Gasteiger charge is 2.22. The molecule has 0 amide bonds. The summed E-state index contributed by atoms with van der Waals surface area (Å²) in [7, 11) is -2.95. The van der Waals surface area contributed by atoms with E-state index >= 15 is 0 Å². The molecule has 0 saturated heterocycles. The summed E-state index contributed by atoms with van der Waals surface area (Å²) < 4.78 is 22.2. The summed E-state index contributed by atoms with van der Waals surface area (Å²) in [5.41, 5.74) is 0. The normalized spacial score (nSPS) is 20.2. The Morgan fingerprint density at radius 3 is 2.33 bits per heavy atom. The van der Waals surface area contributed by atoms with Crippen LogP contribution in [-0.2, 0) is 9.84 Å². The molecule has 0 bridgehead atoms. The monoisotopic (exact) mass is 189 g/mol. The molecule has 0 atom stereocenters. The van der Waals surface area contributed by atoms with E-state index in [0.29, 0.717) is 17.5 Å². The average Bonchev–Trinajstić information content (AvgIpc) is 2.30. The Balaban J connectivity index is 2.67. The zero-order valence-corrected chi connectivity index (χ0v) is 8.56. The predicted octanol–water partition coefficient (Wildman–Crippen LogP) is 0.639. The maximum Gasteiger partial charge on any atom is 0.172 e. The number of rotatable bonds is 2. The minimum absolute atomic E-state index is 0.417. The maximum atomic E-state index is 11.1. The molecule has 0 spiro atoms. The third kappa shape index (κ3) is 2.08. The van der Waals surface area contributed by atoms with E-state index in [-0.39, 0.29) is 0 Å². The van der Waals surface area contributed by atoms with Gasteiger partial charge in [0, 0.05) is 25.4 Å². The van der Waals surface area contributed by atoms with Gasteiger partial charge in [0.2, 0.25) is 0 Å². The van der Waals surface area contributed by atoms with Crippen LogP contribution in [0.4, 0.5) is 0 Å². The fourth-order valence-electron chi connectivity index (χ4n) is 1.21. The quantitative estimate of drug-likeness (QED) is 0.639. The van der Waals surface area contributed by atoms with Gasteiger partial charge in [-0.2, -0.15) is 0 Å². The Labute approximate surface area is 74.0 Å². The van der Waals surface area contributed by atoms with Crippen molar-refractivity contribution >= 4 is 9.84 Å². The molecule has 3 nitrogen and oxygen atoms in total. The van der Waals surface area contributed by atoms with Gasteiger partial charge in [0.05, 0.1) is 4.91 Å². The van der Waals surface area contributed by atoms with Crippen LogP contribution in [0.25, 0.3) is 0 Å². The molecule has 0 aromatic heterocycles. The Hall–Kier alpha value is -0.350. The van der Waals surface area contributed by atoms with Gasteiger partial charge in [-0.1, -0.05) is 6.08 Å². The summed E-state index contributed by atoms with van der Waals surface area (Å²) >= 11 is 0. The second-order valence-corrected chi connectivity index (χ2v) is 5.53. The lowest BCUT2D eigenvalue weighted by Gasteiger charge is -2.19. The molecule has 0 aromatic carbocycles. The molecule has 0 aliphatic carbocycles. The third-order valence-corrected chi connectivity index (χ3v) is 3.37. The van der Waals surface area contributed by atoms with Crippen molar-refractivity contribution in [3.8, 4) is 0 Å². The molecule has 1 aliphatic rings. The standard InChI is InChI=1S/C8H15NO2S/c1-7(2)9-5-4-8(6-9)12(3,10)11/h4,7H,5-6H2,1-3H3. The van der Waals surface area contributed by atoms with Gasteiger partial charge in [0.1, 0.15) is 0 Å². The highest BCUT2D eigenvalue weighted by atomic mass is 32.2. The first-order valence-corrected chi connectivity index (χ1v) is 5.93. The van der Waals surface area contributed by atoms with Crippen molar-refractivity contribution in [3.63, 3.8) is 0 Å². The SMILES string of the molecule is CC(C)N1CC=C(S(C)(=O)=O)C1. The minimum Gasteiger partial charge on any atom is -0.292 e. The molecule has 0 N–H and O–H groups in total. The van der Waals surface area contributed by atoms with Gasteiger partial charge < -0.3 is 0 Å². The minimum atomic E-state index is -2.95. The Kier molecular flexibility index (Phi) is 2.58. The number of sulfone groups is 1. The Morgan fingerprint density at radius 1 is 1.50 bits per heavy atom. The van der Waals surface area contributed by atoms with Gasteiger partial charge in [-0.05, 0) is 13.8 Å². The number of hydrogen-bond acceptors (Lipinski definition) is 3. The van der Waals surface area contributed by atoms with Crippen molar-refractivity contribution < 1.29 is 8.42 Å². The third-order valence-electron chi connectivity index (χ3n) is 2.12. The summed E-state index contributed by atoms with van der Waals surface area (Å²) in [5.74, 6) is 0. The first kappa shape index (κ1) is 9.74. The summed E-state index contributed by atoms with van der Waals surface area (Å²) in [6.45, 7) is 5.48. The molecule has 0 radical (unpaired) electrons. The van der Waals surface area contributed by atoms with Crippen LogP contribution in [0.5, 0.6) is 0 Å². The topological polar surface area (TPSA) is 37.4 Å². The van der Waals surface area contributed by atoms with E-state index < -0.39 is 9.84 Å². The molecule has 0 saturated carbocycles. The molecule has 1 aliphatic heterocycles. The van der Waals surface area contributed by atoms with Crippen molar-refractivity contribution in [2.45, 2.75) is 19.9 Å². The molecular formula is C8H15NO2S. The molecule has 0 unspecified atom stereocenters. The molecule has 1 rings (SSSR count). The summed E-state index contributed by atoms with van der Waals surface area (Å²) in [4.78, 5) is 2.69. The van der Waals surface area contributed by atoms with Crippen LogP contribution in [0.15, 0.2) is 11.0 Å². The van der Waals surface area contributed by atoms with Gasteiger partial charge in [-0.3, -0.25) is 4.90 Å². The molecule has 1 heterocycles. The molecule has 12 heavy (non-hydrogen) atoms. The second-order valence-electron chi connectivity index (χ2n) is 3.47. The predicted molar refractivity (Wildman–Crippen MR) is 49.6 cm³/mol. The van der Waals surface area contributed by atoms with Crippen LogP contribution in [0.3, 0.4) is 0 Å². The van der Waals surface area contributed by atoms with Gasteiger partial charge >= 0.3 is 0 Å². The molecule has 0 aromatic rings. The first-order valence-electron chi connectivity index (χ1n) is 4.04. The number of hydrogen-bond donors (Lipinski definition) is 0. The van der Waals surface area contributed by atoms with Crippen LogP contribution in [0.2, 0.25) is 0 Å². The fraction of sp³-hybridized carbons (Fsp3) is 0.750. The second kappa shape index (κ2) is 3.18. The largest absolute Gasteiger partial charge is 0.292 e. The van der Waals surface area contributed by atoms with Crippen molar-refractivity contribution in [2.75, 3.05) is 19.3 Å². The smallest absolute Gasteiger partial charge is 0.172 e. The summed E-state index contributed by atoms with van der Waals surface area (Å²) in [5, 5.41) is 0. The van der Waals surface area contributed by atoms with Gasteiger partial charge in [0.15, 0.2) is 9.84 Å². The van der Waals surface area contributed by atoms with Crippen LogP contribution in [0, 0.1) is 0 Å². The van der Waals surface area contributed by atoms with E-state index in [2.05, 4.69) is 18.7 Å². The zero-order chi connectivity index (χ0) is 9.35. The van der Waals surface area contributed by atoms with Gasteiger partial charge in [-0.25, -0.2) is 8.42 Å². The highest BCUT2D eigenvalue weighted by molar-refractivity contribution is 7.94. The van der Waals surface area contributed by atoms with E-state index in [1.54, 1.807) is 6.08 Å². The summed E-state index contributed by atoms with van der Waals surface area (Å²) in [6.07, 6.45) is 3.07. The van der Waals surface area contributed by atoms with E-state index in [4.69, 9.17) is 0 Å². The van der Waals surface area contributed by atoms with E-state index in [0.717, 1.165) is 6.54 Å². The molecule has 0 fully saturated rings. The van der Waals surface area contributed by atoms with E-state index in [9.17, 15) is 8.42 Å². The van der Waals surface area contributed by atoms with Gasteiger partial charge in [0.25, 0.3) is 0 Å². The lowest BCUT2D eigenvalue weighted by Crippen LogP contribution is -2.29. The Bertz CT molecular complexity index is 290. The van der Waals surface area contributed by atoms with Crippen molar-refractivity contribution in [1.29, 1.82) is 0 Å². The van der Waals surface area contributed by atoms with Crippen LogP contribution in [0.1, 0.15) is 13.8 Å². The first-order chi connectivity index (χ1) is 5.41. The molecular weight excluding hydrogens is 174 g/mol. The maximum absolute atomic E-state index is 11.1. The van der Waals surface area contributed by atoms with Crippen LogP contribution < -0.4 is 0 Å². The van der Waals surface area contributed by atoms with E-state index in [1.165, 1.54) is 6.26 Å². The van der Waals surface area contributed by atoms with Crippen molar-refractivity contribution in [1.82, 2.24) is 4.90 Å². The van der Waals surface area contributed by atoms with Crippen molar-refractivity contribution in [2.24, 2.45) is 0 Å².